The molecule has 0 amide bonds. The van der Waals surface area contributed by atoms with Gasteiger partial charge in [-0.05, 0) is 18.6 Å². The van der Waals surface area contributed by atoms with E-state index in [1.807, 2.05) is 6.92 Å². The van der Waals surface area contributed by atoms with Crippen LogP contribution in [0.15, 0.2) is 30.3 Å². The van der Waals surface area contributed by atoms with Crippen molar-refractivity contribution in [3.05, 3.63) is 30.3 Å². The normalized spacial score (nSPS) is 11.3. The predicted molar refractivity (Wildman–Crippen MR) is 53.3 cm³/mol. The second kappa shape index (κ2) is 5.69. The molecule has 0 aliphatic rings. The summed E-state index contributed by atoms with van der Waals surface area (Å²) in [4.78, 5) is 4.41. The maximum absolute atomic E-state index is 11.1. The Morgan fingerprint density at radius 1 is 1.20 bits per heavy atom. The van der Waals surface area contributed by atoms with Gasteiger partial charge in [0.2, 0.25) is 0 Å². The Kier molecular flexibility index (Phi) is 4.54. The highest BCUT2D eigenvalue weighted by Gasteiger charge is 2.14. The van der Waals surface area contributed by atoms with Gasteiger partial charge in [0.1, 0.15) is 5.75 Å². The van der Waals surface area contributed by atoms with Gasteiger partial charge in [-0.2, -0.15) is 8.42 Å². The molecule has 0 N–H and O–H groups in total. The van der Waals surface area contributed by atoms with E-state index in [2.05, 4.69) is 13.4 Å². The monoisotopic (exact) mass is 232 g/mol. The van der Waals surface area contributed by atoms with Crippen molar-refractivity contribution in [1.29, 1.82) is 0 Å². The number of benzene rings is 1. The lowest BCUT2D eigenvalue weighted by molar-refractivity contribution is -0.206. The van der Waals surface area contributed by atoms with Crippen molar-refractivity contribution in [2.45, 2.75) is 13.3 Å². The Morgan fingerprint density at radius 2 is 1.87 bits per heavy atom. The molecule has 15 heavy (non-hydrogen) atoms. The minimum Gasteiger partial charge on any atom is -0.360 e. The zero-order chi connectivity index (χ0) is 11.1. The molecule has 84 valence electrons. The van der Waals surface area contributed by atoms with Crippen LogP contribution in [0, 0.1) is 0 Å². The van der Waals surface area contributed by atoms with Gasteiger partial charge in [-0.25, -0.2) is 4.89 Å². The molecule has 5 nitrogen and oxygen atoms in total. The summed E-state index contributed by atoms with van der Waals surface area (Å²) < 4.78 is 30.9. The zero-order valence-corrected chi connectivity index (χ0v) is 9.07. The molecule has 0 atom stereocenters. The number of rotatable bonds is 6. The van der Waals surface area contributed by atoms with Gasteiger partial charge in [0.15, 0.2) is 0 Å². The van der Waals surface area contributed by atoms with Crippen LogP contribution in [-0.4, -0.2) is 15.0 Å². The third-order valence-electron chi connectivity index (χ3n) is 1.36. The second-order valence-electron chi connectivity index (χ2n) is 2.69. The maximum atomic E-state index is 11.1. The van der Waals surface area contributed by atoms with Crippen molar-refractivity contribution in [1.82, 2.24) is 0 Å². The first-order chi connectivity index (χ1) is 7.14. The lowest BCUT2D eigenvalue weighted by atomic mass is 10.3. The van der Waals surface area contributed by atoms with E-state index in [0.29, 0.717) is 6.42 Å². The zero-order valence-electron chi connectivity index (χ0n) is 8.25. The number of hydrogen-bond donors (Lipinski definition) is 0. The largest absolute Gasteiger partial charge is 0.476 e. The summed E-state index contributed by atoms with van der Waals surface area (Å²) in [6, 6.07) is 8.05. The van der Waals surface area contributed by atoms with Crippen LogP contribution < -0.4 is 4.18 Å². The molecule has 6 heteroatoms. The van der Waals surface area contributed by atoms with Gasteiger partial charge < -0.3 is 4.18 Å². The van der Waals surface area contributed by atoms with Crippen LogP contribution in [0.1, 0.15) is 13.3 Å². The number of hydrogen-bond acceptors (Lipinski definition) is 5. The van der Waals surface area contributed by atoms with Crippen LogP contribution in [-0.2, 0) is 19.6 Å². The first-order valence-corrected chi connectivity index (χ1v) is 5.78. The summed E-state index contributed by atoms with van der Waals surface area (Å²) in [7, 11) is -4.13. The Bertz CT molecular complexity index is 373. The Morgan fingerprint density at radius 3 is 2.47 bits per heavy atom. The third-order valence-corrected chi connectivity index (χ3v) is 2.02. The van der Waals surface area contributed by atoms with E-state index < -0.39 is 10.4 Å². The van der Waals surface area contributed by atoms with Gasteiger partial charge in [0, 0.05) is 0 Å². The van der Waals surface area contributed by atoms with Crippen LogP contribution in [0.3, 0.4) is 0 Å². The van der Waals surface area contributed by atoms with Gasteiger partial charge in [0.05, 0.1) is 6.61 Å². The van der Waals surface area contributed by atoms with Gasteiger partial charge >= 0.3 is 10.4 Å². The molecule has 0 aliphatic carbocycles. The van der Waals surface area contributed by atoms with E-state index >= 15 is 0 Å². The van der Waals surface area contributed by atoms with Crippen molar-refractivity contribution in [3.8, 4) is 5.75 Å². The molecular weight excluding hydrogens is 220 g/mol. The molecule has 1 rings (SSSR count). The summed E-state index contributed by atoms with van der Waals surface area (Å²) in [5.74, 6) is 0.178. The van der Waals surface area contributed by atoms with Crippen molar-refractivity contribution in [3.63, 3.8) is 0 Å². The Hall–Kier alpha value is -1.11. The summed E-state index contributed by atoms with van der Waals surface area (Å²) in [5.41, 5.74) is 0. The van der Waals surface area contributed by atoms with Crippen LogP contribution in [0.4, 0.5) is 0 Å². The summed E-state index contributed by atoms with van der Waals surface area (Å²) in [5, 5.41) is 0. The Balaban J connectivity index is 2.50. The molecule has 0 radical (unpaired) electrons. The maximum Gasteiger partial charge on any atom is 0.476 e. The minimum absolute atomic E-state index is 0.178. The minimum atomic E-state index is -4.13. The SMILES string of the molecule is CCCOOS(=O)(=O)Oc1ccccc1. The molecule has 0 aliphatic heterocycles. The fourth-order valence-corrected chi connectivity index (χ4v) is 1.34. The molecule has 0 heterocycles. The van der Waals surface area contributed by atoms with Crippen LogP contribution in [0.5, 0.6) is 5.75 Å². The van der Waals surface area contributed by atoms with Gasteiger partial charge in [-0.3, -0.25) is 0 Å². The summed E-state index contributed by atoms with van der Waals surface area (Å²) in [6.07, 6.45) is 0.654. The molecule has 1 aromatic rings. The first kappa shape index (κ1) is 12.0. The lowest BCUT2D eigenvalue weighted by Crippen LogP contribution is -2.13. The topological polar surface area (TPSA) is 61.8 Å². The van der Waals surface area contributed by atoms with E-state index in [-0.39, 0.29) is 12.4 Å². The van der Waals surface area contributed by atoms with Gasteiger partial charge in [-0.15, -0.1) is 0 Å². The standard InChI is InChI=1S/C9H12O5S/c1-2-8-12-14-15(10,11)13-9-6-4-3-5-7-9/h3-7H,2,8H2,1H3. The van der Waals surface area contributed by atoms with Crippen LogP contribution in [0.2, 0.25) is 0 Å². The van der Waals surface area contributed by atoms with Gasteiger partial charge in [-0.1, -0.05) is 29.5 Å². The molecule has 0 saturated heterocycles. The first-order valence-electron chi connectivity index (χ1n) is 4.44. The molecular formula is C9H12O5S. The van der Waals surface area contributed by atoms with Crippen molar-refractivity contribution in [2.75, 3.05) is 6.61 Å². The predicted octanol–water partition coefficient (Wildman–Crippen LogP) is 1.67. The third kappa shape index (κ3) is 4.78. The Labute approximate surface area is 88.8 Å². The molecule has 0 saturated carbocycles. The summed E-state index contributed by atoms with van der Waals surface area (Å²) >= 11 is 0. The second-order valence-corrected chi connectivity index (χ2v) is 3.81. The van der Waals surface area contributed by atoms with Crippen molar-refractivity contribution < 1.29 is 21.8 Å². The van der Waals surface area contributed by atoms with E-state index in [1.165, 1.54) is 12.1 Å². The highest BCUT2D eigenvalue weighted by atomic mass is 32.3. The molecule has 0 bridgehead atoms. The molecule has 0 aromatic heterocycles. The summed E-state index contributed by atoms with van der Waals surface area (Å²) in [6.45, 7) is 2.02. The van der Waals surface area contributed by atoms with Crippen molar-refractivity contribution >= 4 is 10.4 Å². The fourth-order valence-electron chi connectivity index (χ4n) is 0.784. The fraction of sp³-hybridized carbons (Fsp3) is 0.333. The smallest absolute Gasteiger partial charge is 0.360 e. The van der Waals surface area contributed by atoms with Gasteiger partial charge in [0.25, 0.3) is 0 Å². The van der Waals surface area contributed by atoms with Crippen molar-refractivity contribution in [2.24, 2.45) is 0 Å². The average Bonchev–Trinajstić information content (AvgIpc) is 2.18. The van der Waals surface area contributed by atoms with E-state index in [9.17, 15) is 8.42 Å². The number of para-hydroxylation sites is 1. The van der Waals surface area contributed by atoms with Crippen LogP contribution in [0.25, 0.3) is 0 Å². The lowest BCUT2D eigenvalue weighted by Gasteiger charge is -2.04. The molecule has 0 spiro atoms. The highest BCUT2D eigenvalue weighted by Crippen LogP contribution is 2.12. The average molecular weight is 232 g/mol. The van der Waals surface area contributed by atoms with E-state index in [1.54, 1.807) is 18.2 Å². The van der Waals surface area contributed by atoms with E-state index in [4.69, 9.17) is 0 Å². The molecule has 0 unspecified atom stereocenters. The van der Waals surface area contributed by atoms with E-state index in [0.717, 1.165) is 0 Å². The molecule has 1 aromatic carbocycles. The highest BCUT2D eigenvalue weighted by molar-refractivity contribution is 7.82. The van der Waals surface area contributed by atoms with Crippen LogP contribution >= 0.6 is 0 Å². The molecule has 0 fully saturated rings. The quantitative estimate of drug-likeness (QED) is 0.424.